The van der Waals surface area contributed by atoms with E-state index in [4.69, 9.17) is 23.4 Å². The molecular formula is C27H30O16. The highest BCUT2D eigenvalue weighted by molar-refractivity contribution is 5.86. The van der Waals surface area contributed by atoms with Crippen LogP contribution in [0.4, 0.5) is 0 Å². The zero-order valence-corrected chi connectivity index (χ0v) is 22.1. The summed E-state index contributed by atoms with van der Waals surface area (Å²) in [5, 5.41) is 99.9. The summed E-state index contributed by atoms with van der Waals surface area (Å²) in [6.45, 7) is -1.39. The molecule has 0 spiro atoms. The van der Waals surface area contributed by atoms with Crippen LogP contribution in [0.25, 0.3) is 22.3 Å². The predicted molar refractivity (Wildman–Crippen MR) is 140 cm³/mol. The number of benzene rings is 2. The van der Waals surface area contributed by atoms with Crippen molar-refractivity contribution in [2.24, 2.45) is 0 Å². The van der Waals surface area contributed by atoms with E-state index >= 15 is 0 Å². The fourth-order valence-electron chi connectivity index (χ4n) is 4.80. The first-order valence-electron chi connectivity index (χ1n) is 13.0. The summed E-state index contributed by atoms with van der Waals surface area (Å²) in [4.78, 5) is 12.9. The van der Waals surface area contributed by atoms with Gasteiger partial charge in [0, 0.05) is 23.8 Å². The van der Waals surface area contributed by atoms with Crippen molar-refractivity contribution >= 4 is 11.0 Å². The van der Waals surface area contributed by atoms with Gasteiger partial charge in [-0.1, -0.05) is 0 Å². The van der Waals surface area contributed by atoms with Crippen LogP contribution in [0.2, 0.25) is 0 Å². The first-order valence-corrected chi connectivity index (χ1v) is 13.0. The van der Waals surface area contributed by atoms with E-state index < -0.39 is 91.6 Å². The first-order chi connectivity index (χ1) is 20.4. The molecule has 0 radical (unpaired) electrons. The van der Waals surface area contributed by atoms with Gasteiger partial charge < -0.3 is 74.4 Å². The van der Waals surface area contributed by atoms with Gasteiger partial charge >= 0.3 is 0 Å². The van der Waals surface area contributed by atoms with Gasteiger partial charge in [-0.3, -0.25) is 4.79 Å². The number of aliphatic hydroxyl groups excluding tert-OH is 8. The number of phenols is 2. The van der Waals surface area contributed by atoms with Gasteiger partial charge in [-0.25, -0.2) is 0 Å². The Morgan fingerprint density at radius 1 is 0.674 bits per heavy atom. The molecule has 2 fully saturated rings. The summed E-state index contributed by atoms with van der Waals surface area (Å²) in [6, 6.07) is 7.02. The zero-order chi connectivity index (χ0) is 31.2. The van der Waals surface area contributed by atoms with Crippen molar-refractivity contribution in [1.29, 1.82) is 0 Å². The number of ether oxygens (including phenoxy) is 4. The van der Waals surface area contributed by atoms with Gasteiger partial charge in [0.25, 0.3) is 0 Å². The molecule has 0 aliphatic carbocycles. The maximum Gasteiger partial charge on any atom is 0.229 e. The number of hydrogen-bond acceptors (Lipinski definition) is 16. The molecule has 3 heterocycles. The lowest BCUT2D eigenvalue weighted by molar-refractivity contribution is -0.277. The number of aliphatic hydroxyl groups is 8. The normalized spacial score (nSPS) is 32.9. The monoisotopic (exact) mass is 610 g/mol. The topological polar surface area (TPSA) is 269 Å². The number of fused-ring (bicyclic) bond motifs is 1. The van der Waals surface area contributed by atoms with Gasteiger partial charge in [0.05, 0.1) is 13.2 Å². The van der Waals surface area contributed by atoms with Crippen LogP contribution in [0.5, 0.6) is 23.0 Å². The van der Waals surface area contributed by atoms with Crippen LogP contribution in [0.15, 0.2) is 45.6 Å². The summed E-state index contributed by atoms with van der Waals surface area (Å²) < 4.78 is 27.5. The minimum atomic E-state index is -1.76. The number of hydrogen-bond donors (Lipinski definition) is 10. The second kappa shape index (κ2) is 12.2. The molecule has 0 bridgehead atoms. The molecule has 0 saturated carbocycles. The van der Waals surface area contributed by atoms with Crippen molar-refractivity contribution in [2.75, 3.05) is 13.2 Å². The van der Waals surface area contributed by atoms with Crippen LogP contribution in [0.3, 0.4) is 0 Å². The smallest absolute Gasteiger partial charge is 0.229 e. The summed E-state index contributed by atoms with van der Waals surface area (Å²) >= 11 is 0. The highest BCUT2D eigenvalue weighted by Crippen LogP contribution is 2.37. The third-order valence-electron chi connectivity index (χ3n) is 7.22. The van der Waals surface area contributed by atoms with E-state index in [1.807, 2.05) is 0 Å². The minimum Gasteiger partial charge on any atom is -0.507 e. The maximum absolute atomic E-state index is 12.9. The van der Waals surface area contributed by atoms with Crippen LogP contribution in [-0.4, -0.2) is 126 Å². The summed E-state index contributed by atoms with van der Waals surface area (Å²) in [6.07, 6.45) is -15.9. The average Bonchev–Trinajstić information content (AvgIpc) is 2.98. The van der Waals surface area contributed by atoms with Gasteiger partial charge in [-0.2, -0.15) is 0 Å². The Morgan fingerprint density at radius 2 is 1.26 bits per heavy atom. The first kappa shape index (κ1) is 30.9. The molecule has 16 nitrogen and oxygen atoms in total. The Hall–Kier alpha value is -3.55. The van der Waals surface area contributed by atoms with Crippen LogP contribution in [-0.2, 0) is 9.47 Å². The second-order valence-electron chi connectivity index (χ2n) is 10.1. The summed E-state index contributed by atoms with van der Waals surface area (Å²) in [5.74, 6) is -1.54. The average molecular weight is 611 g/mol. The maximum atomic E-state index is 12.9. The Labute approximate surface area is 241 Å². The standard InChI is InChI=1S/C27H30O16/c28-7-17-20(33)22(35)24(37)26(42-17)39-10-4-12(31)19-13(32)6-14(40-16(19)5-10)9-1-2-11(30)15(3-9)41-27-25(38)23(36)21(34)18(8-29)43-27/h1-6,17-18,20-31,33-38H,7-8H2/t17-,18+,20-,21+,22+,23-,24-,25+,26-,27-/m0/s1. The van der Waals surface area contributed by atoms with Crippen LogP contribution in [0, 0.1) is 0 Å². The summed E-state index contributed by atoms with van der Waals surface area (Å²) in [5.41, 5.74) is -0.708. The number of rotatable bonds is 7. The van der Waals surface area contributed by atoms with E-state index in [-0.39, 0.29) is 33.8 Å². The van der Waals surface area contributed by atoms with E-state index in [9.17, 15) is 55.9 Å². The van der Waals surface area contributed by atoms with E-state index in [2.05, 4.69) is 0 Å². The van der Waals surface area contributed by atoms with Gasteiger partial charge in [0.2, 0.25) is 12.6 Å². The second-order valence-corrected chi connectivity index (χ2v) is 10.1. The van der Waals surface area contributed by atoms with E-state index in [1.165, 1.54) is 24.3 Å². The van der Waals surface area contributed by atoms with E-state index in [0.717, 1.165) is 12.1 Å². The van der Waals surface area contributed by atoms with E-state index in [0.29, 0.717) is 0 Å². The zero-order valence-electron chi connectivity index (χ0n) is 22.1. The molecule has 2 aliphatic heterocycles. The molecule has 43 heavy (non-hydrogen) atoms. The fourth-order valence-corrected chi connectivity index (χ4v) is 4.80. The fraction of sp³-hybridized carbons (Fsp3) is 0.444. The Balaban J connectivity index is 1.45. The Morgan fingerprint density at radius 3 is 1.84 bits per heavy atom. The molecular weight excluding hydrogens is 580 g/mol. The third-order valence-corrected chi connectivity index (χ3v) is 7.22. The Bertz CT molecular complexity index is 1500. The van der Waals surface area contributed by atoms with Gasteiger partial charge in [-0.05, 0) is 18.2 Å². The quantitative estimate of drug-likeness (QED) is 0.130. The molecule has 1 aromatic heterocycles. The number of phenolic OH excluding ortho intramolecular Hbond substituents is 2. The number of aromatic hydroxyl groups is 2. The van der Waals surface area contributed by atoms with Crippen molar-refractivity contribution in [1.82, 2.24) is 0 Å². The lowest BCUT2D eigenvalue weighted by Crippen LogP contribution is -2.60. The molecule has 5 rings (SSSR count). The van der Waals surface area contributed by atoms with Crippen molar-refractivity contribution in [3.63, 3.8) is 0 Å². The predicted octanol–water partition coefficient (Wildman–Crippen LogP) is -2.77. The SMILES string of the molecule is O=c1cc(-c2ccc(O)c(O[C@H]3O[C@H](CO)[C@@H](O)[C@H](O)[C@H]3O)c2)oc2cc(O[C@H]3O[C@@H](CO)[C@H](O)[C@@H](O)[C@@H]3O)cc(O)c12. The molecule has 2 saturated heterocycles. The van der Waals surface area contributed by atoms with Crippen LogP contribution in [0.1, 0.15) is 0 Å². The molecule has 10 N–H and O–H groups in total. The highest BCUT2D eigenvalue weighted by Gasteiger charge is 2.46. The summed E-state index contributed by atoms with van der Waals surface area (Å²) in [7, 11) is 0. The molecule has 10 atom stereocenters. The van der Waals surface area contributed by atoms with Crippen molar-refractivity contribution in [3.8, 4) is 34.3 Å². The van der Waals surface area contributed by atoms with Gasteiger partial charge in [0.15, 0.2) is 16.9 Å². The molecule has 2 aliphatic rings. The third kappa shape index (κ3) is 5.85. The molecule has 0 amide bonds. The molecule has 234 valence electrons. The van der Waals surface area contributed by atoms with Gasteiger partial charge in [0.1, 0.15) is 77.1 Å². The minimum absolute atomic E-state index is 0.0828. The lowest BCUT2D eigenvalue weighted by Gasteiger charge is -2.39. The van der Waals surface area contributed by atoms with E-state index in [1.54, 1.807) is 0 Å². The lowest BCUT2D eigenvalue weighted by atomic mass is 9.99. The van der Waals surface area contributed by atoms with Gasteiger partial charge in [-0.15, -0.1) is 0 Å². The molecule has 16 heteroatoms. The largest absolute Gasteiger partial charge is 0.507 e. The van der Waals surface area contributed by atoms with Crippen molar-refractivity contribution in [2.45, 2.75) is 61.4 Å². The highest BCUT2D eigenvalue weighted by atomic mass is 16.7. The Kier molecular flexibility index (Phi) is 8.77. The van der Waals surface area contributed by atoms with Crippen LogP contribution < -0.4 is 14.9 Å². The molecule has 0 unspecified atom stereocenters. The molecule has 3 aromatic rings. The molecule has 2 aromatic carbocycles. The van der Waals surface area contributed by atoms with Crippen LogP contribution >= 0.6 is 0 Å². The van der Waals surface area contributed by atoms with Crippen molar-refractivity contribution < 1.29 is 74.4 Å². The van der Waals surface area contributed by atoms with Crippen molar-refractivity contribution in [3.05, 3.63) is 46.6 Å².